The number of hydrogen-bond acceptors (Lipinski definition) is 8. The summed E-state index contributed by atoms with van der Waals surface area (Å²) in [5.74, 6) is -1.41. The Bertz CT molecular complexity index is 1020. The minimum absolute atomic E-state index is 0.0344. The summed E-state index contributed by atoms with van der Waals surface area (Å²) in [7, 11) is 1.37. The zero-order valence-corrected chi connectivity index (χ0v) is 21.2. The highest BCUT2D eigenvalue weighted by molar-refractivity contribution is 5.98. The Labute approximate surface area is 218 Å². The number of aromatic nitrogens is 1. The van der Waals surface area contributed by atoms with Gasteiger partial charge in [0.1, 0.15) is 0 Å². The molecule has 2 heterocycles. The van der Waals surface area contributed by atoms with E-state index in [-0.39, 0.29) is 43.1 Å². The van der Waals surface area contributed by atoms with Crippen LogP contribution >= 0.6 is 0 Å². The van der Waals surface area contributed by atoms with Crippen LogP contribution in [0.15, 0.2) is 42.6 Å². The van der Waals surface area contributed by atoms with E-state index < -0.39 is 36.3 Å². The summed E-state index contributed by atoms with van der Waals surface area (Å²) in [5, 5.41) is 20.6. The number of aromatic hydroxyl groups is 1. The maximum absolute atomic E-state index is 12.6. The van der Waals surface area contributed by atoms with Gasteiger partial charge in [0, 0.05) is 31.9 Å². The third kappa shape index (κ3) is 10.5. The van der Waals surface area contributed by atoms with Gasteiger partial charge in [-0.1, -0.05) is 30.3 Å². The van der Waals surface area contributed by atoms with E-state index in [1.165, 1.54) is 24.9 Å². The number of carbonyl (C=O) groups excluding carboxylic acids is 2. The van der Waals surface area contributed by atoms with Crippen molar-refractivity contribution in [3.63, 3.8) is 0 Å². The van der Waals surface area contributed by atoms with E-state index >= 15 is 0 Å². The second-order valence-electron chi connectivity index (χ2n) is 8.76. The Morgan fingerprint density at radius 3 is 2.53 bits per heavy atom. The molecule has 2 unspecified atom stereocenters. The number of alkyl halides is 3. The molecule has 0 bridgehead atoms. The molecule has 1 amide bonds. The molecule has 1 aliphatic rings. The zero-order chi connectivity index (χ0) is 28.1. The summed E-state index contributed by atoms with van der Waals surface area (Å²) in [5.41, 5.74) is 0.949. The molecular formula is C26H33F3N2O7. The number of ether oxygens (including phenoxy) is 3. The number of benzene rings is 1. The Hall–Kier alpha value is -3.38. The Kier molecular flexibility index (Phi) is 12.3. The fraction of sp³-hybridized carbons (Fsp3) is 0.500. The molecule has 2 aromatic rings. The van der Waals surface area contributed by atoms with Crippen molar-refractivity contribution in [2.24, 2.45) is 5.92 Å². The third-order valence-corrected chi connectivity index (χ3v) is 5.52. The minimum atomic E-state index is -4.11. The van der Waals surface area contributed by atoms with E-state index in [2.05, 4.69) is 22.4 Å². The predicted molar refractivity (Wildman–Crippen MR) is 131 cm³/mol. The molecule has 0 radical (unpaired) electrons. The van der Waals surface area contributed by atoms with Crippen LogP contribution in [0.1, 0.15) is 42.2 Å². The van der Waals surface area contributed by atoms with Gasteiger partial charge in [-0.15, -0.1) is 0 Å². The van der Waals surface area contributed by atoms with Crippen LogP contribution in [0.3, 0.4) is 0 Å². The first-order valence-electron chi connectivity index (χ1n) is 12.1. The second-order valence-corrected chi connectivity index (χ2v) is 8.76. The van der Waals surface area contributed by atoms with E-state index in [4.69, 9.17) is 19.3 Å². The lowest BCUT2D eigenvalue weighted by molar-refractivity contribution is -0.151. The summed E-state index contributed by atoms with van der Waals surface area (Å²) >= 11 is 0. The summed E-state index contributed by atoms with van der Waals surface area (Å²) in [6.07, 6.45) is -2.71. The van der Waals surface area contributed by atoms with Crippen molar-refractivity contribution in [2.75, 3.05) is 26.9 Å². The first-order valence-corrected chi connectivity index (χ1v) is 12.1. The van der Waals surface area contributed by atoms with E-state index in [1.807, 2.05) is 25.1 Å². The maximum Gasteiger partial charge on any atom is 0.389 e. The number of esters is 1. The van der Waals surface area contributed by atoms with Gasteiger partial charge in [-0.05, 0) is 37.7 Å². The summed E-state index contributed by atoms with van der Waals surface area (Å²) in [6, 6.07) is 10.5. The van der Waals surface area contributed by atoms with Crippen LogP contribution in [0.2, 0.25) is 0 Å². The van der Waals surface area contributed by atoms with Gasteiger partial charge >= 0.3 is 12.1 Å². The van der Waals surface area contributed by atoms with Gasteiger partial charge in [-0.3, -0.25) is 4.79 Å². The Morgan fingerprint density at radius 2 is 1.92 bits per heavy atom. The van der Waals surface area contributed by atoms with Crippen LogP contribution < -0.4 is 10.1 Å². The largest absolute Gasteiger partial charge is 0.503 e. The summed E-state index contributed by atoms with van der Waals surface area (Å²) < 4.78 is 49.7. The lowest BCUT2D eigenvalue weighted by Crippen LogP contribution is -2.45. The SMILES string of the molecule is COc1ccnc(C(=O)N[C@H]2COCC(Cc3ccccc3)CC(C)OC2=O)c1O.OCCCC(F)(F)F. The van der Waals surface area contributed by atoms with E-state index in [9.17, 15) is 27.9 Å². The molecule has 3 N–H and O–H groups in total. The van der Waals surface area contributed by atoms with Crippen molar-refractivity contribution in [3.8, 4) is 11.5 Å². The van der Waals surface area contributed by atoms with Crippen molar-refractivity contribution < 1.29 is 47.2 Å². The number of nitrogens with one attached hydrogen (secondary N) is 1. The number of rotatable bonds is 7. The molecule has 1 aromatic carbocycles. The number of methoxy groups -OCH3 is 1. The van der Waals surface area contributed by atoms with Crippen LogP contribution in [0.4, 0.5) is 13.2 Å². The number of cyclic esters (lactones) is 1. The Balaban J connectivity index is 0.000000550. The van der Waals surface area contributed by atoms with Gasteiger partial charge in [0.25, 0.3) is 5.91 Å². The fourth-order valence-corrected chi connectivity index (χ4v) is 3.75. The van der Waals surface area contributed by atoms with Crippen LogP contribution in [0, 0.1) is 5.92 Å². The number of carbonyl (C=O) groups is 2. The average Bonchev–Trinajstić information content (AvgIpc) is 2.92. The molecule has 1 fully saturated rings. The molecule has 3 atom stereocenters. The van der Waals surface area contributed by atoms with Crippen LogP contribution in [-0.2, 0) is 20.7 Å². The maximum atomic E-state index is 12.6. The van der Waals surface area contributed by atoms with Gasteiger partial charge in [0.05, 0.1) is 19.8 Å². The highest BCUT2D eigenvalue weighted by Gasteiger charge is 2.30. The number of pyridine rings is 1. The first kappa shape index (κ1) is 30.8. The van der Waals surface area contributed by atoms with E-state index in [0.717, 1.165) is 6.42 Å². The number of hydrogen-bond donors (Lipinski definition) is 3. The smallest absolute Gasteiger partial charge is 0.389 e. The highest BCUT2D eigenvalue weighted by Crippen LogP contribution is 2.27. The molecule has 0 aliphatic carbocycles. The molecule has 38 heavy (non-hydrogen) atoms. The summed E-state index contributed by atoms with van der Waals surface area (Å²) in [6.45, 7) is 1.84. The molecule has 1 aromatic heterocycles. The molecule has 3 rings (SSSR count). The van der Waals surface area contributed by atoms with Gasteiger partial charge in [0.15, 0.2) is 23.2 Å². The topological polar surface area (TPSA) is 127 Å². The van der Waals surface area contributed by atoms with Crippen molar-refractivity contribution in [2.45, 2.75) is 50.9 Å². The molecule has 1 saturated heterocycles. The molecule has 12 heteroatoms. The molecule has 0 saturated carbocycles. The van der Waals surface area contributed by atoms with Crippen LogP contribution in [0.25, 0.3) is 0 Å². The highest BCUT2D eigenvalue weighted by atomic mass is 19.4. The minimum Gasteiger partial charge on any atom is -0.503 e. The van der Waals surface area contributed by atoms with Crippen LogP contribution in [0.5, 0.6) is 11.5 Å². The van der Waals surface area contributed by atoms with Gasteiger partial charge in [0.2, 0.25) is 0 Å². The van der Waals surface area contributed by atoms with Crippen molar-refractivity contribution in [3.05, 3.63) is 53.9 Å². The van der Waals surface area contributed by atoms with Crippen molar-refractivity contribution in [1.29, 1.82) is 0 Å². The van der Waals surface area contributed by atoms with Crippen molar-refractivity contribution >= 4 is 11.9 Å². The lowest BCUT2D eigenvalue weighted by atomic mass is 9.95. The van der Waals surface area contributed by atoms with Crippen molar-refractivity contribution in [1.82, 2.24) is 10.3 Å². The van der Waals surface area contributed by atoms with E-state index in [0.29, 0.717) is 13.0 Å². The number of nitrogens with zero attached hydrogens (tertiary/aromatic N) is 1. The fourth-order valence-electron chi connectivity index (χ4n) is 3.75. The second kappa shape index (κ2) is 15.1. The number of halogens is 3. The zero-order valence-electron chi connectivity index (χ0n) is 21.2. The normalized spacial score (nSPS) is 20.1. The Morgan fingerprint density at radius 1 is 1.21 bits per heavy atom. The molecule has 9 nitrogen and oxygen atoms in total. The van der Waals surface area contributed by atoms with Gasteiger partial charge < -0.3 is 29.7 Å². The molecule has 210 valence electrons. The molecule has 0 spiro atoms. The molecular weight excluding hydrogens is 509 g/mol. The monoisotopic (exact) mass is 542 g/mol. The lowest BCUT2D eigenvalue weighted by Gasteiger charge is -2.20. The predicted octanol–water partition coefficient (Wildman–Crippen LogP) is 3.43. The number of aliphatic hydroxyl groups is 1. The quantitative estimate of drug-likeness (QED) is 0.455. The third-order valence-electron chi connectivity index (χ3n) is 5.52. The van der Waals surface area contributed by atoms with Crippen LogP contribution in [-0.4, -0.2) is 72.3 Å². The first-order chi connectivity index (χ1) is 18.0. The van der Waals surface area contributed by atoms with Gasteiger partial charge in [-0.25, -0.2) is 9.78 Å². The average molecular weight is 543 g/mol. The number of aliphatic hydroxyl groups excluding tert-OH is 1. The summed E-state index contributed by atoms with van der Waals surface area (Å²) in [4.78, 5) is 29.0. The standard InChI is InChI=1S/C22H26N2O6.C4H7F3O/c1-14-10-16(11-15-6-4-3-5-7-15)12-29-13-17(22(27)30-14)24-21(26)19-20(25)18(28-2)8-9-23-19;5-4(6,7)2-1-3-8/h3-9,14,16-17,25H,10-13H2,1-2H3,(H,24,26);8H,1-3H2/t14?,16?,17-;/m0./s1. The van der Waals surface area contributed by atoms with Gasteiger partial charge in [-0.2, -0.15) is 13.2 Å². The number of amides is 1. The van der Waals surface area contributed by atoms with E-state index in [1.54, 1.807) is 0 Å². The molecule has 1 aliphatic heterocycles.